The van der Waals surface area contributed by atoms with Crippen molar-refractivity contribution in [3.05, 3.63) is 76.2 Å². The number of aryl methyl sites for hydroxylation is 4. The minimum Gasteiger partial charge on any atom is -0.489 e. The van der Waals surface area contributed by atoms with Gasteiger partial charge < -0.3 is 19.1 Å². The zero-order chi connectivity index (χ0) is 22.0. The number of aliphatic hydroxyl groups is 1. The minimum atomic E-state index is -0.502. The molecular formula is C25H30N2O4. The highest BCUT2D eigenvalue weighted by Crippen LogP contribution is 2.25. The monoisotopic (exact) mass is 422 g/mol. The Hall–Kier alpha value is -2.83. The van der Waals surface area contributed by atoms with Gasteiger partial charge in [-0.05, 0) is 62.6 Å². The summed E-state index contributed by atoms with van der Waals surface area (Å²) in [6.07, 6.45) is -0.726. The fourth-order valence-electron chi connectivity index (χ4n) is 3.89. The van der Waals surface area contributed by atoms with Crippen molar-refractivity contribution in [1.82, 2.24) is 10.1 Å². The van der Waals surface area contributed by atoms with E-state index in [0.717, 1.165) is 46.2 Å². The molecule has 0 unspecified atom stereocenters. The van der Waals surface area contributed by atoms with E-state index in [0.29, 0.717) is 19.7 Å². The van der Waals surface area contributed by atoms with Crippen molar-refractivity contribution in [2.45, 2.75) is 53.1 Å². The van der Waals surface area contributed by atoms with Crippen LogP contribution in [0, 0.1) is 27.7 Å². The summed E-state index contributed by atoms with van der Waals surface area (Å²) < 4.78 is 17.2. The lowest BCUT2D eigenvalue weighted by Crippen LogP contribution is -2.30. The van der Waals surface area contributed by atoms with Crippen molar-refractivity contribution in [1.29, 1.82) is 0 Å². The molecule has 4 rings (SSSR count). The molecule has 0 spiro atoms. The van der Waals surface area contributed by atoms with E-state index in [4.69, 9.17) is 14.0 Å². The maximum Gasteiger partial charge on any atom is 0.140 e. The van der Waals surface area contributed by atoms with E-state index in [1.54, 1.807) is 0 Å². The predicted octanol–water partition coefficient (Wildman–Crippen LogP) is 4.11. The summed E-state index contributed by atoms with van der Waals surface area (Å²) in [5.41, 5.74) is 5.26. The van der Waals surface area contributed by atoms with Gasteiger partial charge >= 0.3 is 0 Å². The van der Waals surface area contributed by atoms with Crippen LogP contribution in [-0.4, -0.2) is 40.5 Å². The van der Waals surface area contributed by atoms with Crippen LogP contribution in [0.2, 0.25) is 0 Å². The molecule has 0 amide bonds. The average molecular weight is 423 g/mol. The molecule has 2 heterocycles. The SMILES string of the molecule is Cc1ccc(C)c(O[C@H]2CN(Cc3ccc(OCc4c(C)noc4C)cc3)C[C@@H]2O)c1. The highest BCUT2D eigenvalue weighted by atomic mass is 16.5. The third kappa shape index (κ3) is 5.09. The van der Waals surface area contributed by atoms with Crippen molar-refractivity contribution >= 4 is 0 Å². The Morgan fingerprint density at radius 3 is 2.55 bits per heavy atom. The number of nitrogens with zero attached hydrogens (tertiary/aromatic N) is 2. The molecule has 164 valence electrons. The van der Waals surface area contributed by atoms with Gasteiger partial charge in [-0.2, -0.15) is 0 Å². The summed E-state index contributed by atoms with van der Waals surface area (Å²) in [4.78, 5) is 2.22. The number of aliphatic hydroxyl groups excluding tert-OH is 1. The largest absolute Gasteiger partial charge is 0.489 e. The second kappa shape index (κ2) is 9.12. The smallest absolute Gasteiger partial charge is 0.140 e. The second-order valence-corrected chi connectivity index (χ2v) is 8.42. The van der Waals surface area contributed by atoms with Crippen LogP contribution in [-0.2, 0) is 13.2 Å². The normalized spacial score (nSPS) is 19.0. The van der Waals surface area contributed by atoms with Gasteiger partial charge in [-0.15, -0.1) is 0 Å². The molecular weight excluding hydrogens is 392 g/mol. The molecule has 0 radical (unpaired) electrons. The highest BCUT2D eigenvalue weighted by Gasteiger charge is 2.33. The number of hydrogen-bond donors (Lipinski definition) is 1. The first-order valence-electron chi connectivity index (χ1n) is 10.7. The van der Waals surface area contributed by atoms with Crippen LogP contribution in [0.1, 0.15) is 33.7 Å². The fraction of sp³-hybridized carbons (Fsp3) is 0.400. The molecule has 0 bridgehead atoms. The Kier molecular flexibility index (Phi) is 6.30. The molecule has 2 atom stereocenters. The predicted molar refractivity (Wildman–Crippen MR) is 118 cm³/mol. The van der Waals surface area contributed by atoms with E-state index in [9.17, 15) is 5.11 Å². The van der Waals surface area contributed by atoms with Gasteiger partial charge in [-0.1, -0.05) is 29.4 Å². The molecule has 1 fully saturated rings. The van der Waals surface area contributed by atoms with Gasteiger partial charge in [0, 0.05) is 19.6 Å². The standard InChI is InChI=1S/C25H30N2O4/c1-16-5-6-17(2)24(11-16)30-25-14-27(13-23(25)28)12-20-7-9-21(10-8-20)29-15-22-18(3)26-31-19(22)4/h5-11,23,25,28H,12-15H2,1-4H3/t23-,25-/m0/s1. The molecule has 31 heavy (non-hydrogen) atoms. The molecule has 6 heteroatoms. The van der Waals surface area contributed by atoms with Crippen LogP contribution >= 0.6 is 0 Å². The van der Waals surface area contributed by atoms with Crippen LogP contribution < -0.4 is 9.47 Å². The molecule has 1 saturated heterocycles. The van der Waals surface area contributed by atoms with E-state index >= 15 is 0 Å². The van der Waals surface area contributed by atoms with Crippen molar-refractivity contribution in [2.24, 2.45) is 0 Å². The van der Waals surface area contributed by atoms with Gasteiger partial charge in [0.05, 0.1) is 11.3 Å². The van der Waals surface area contributed by atoms with Crippen molar-refractivity contribution in [3.8, 4) is 11.5 Å². The first-order valence-corrected chi connectivity index (χ1v) is 10.7. The molecule has 6 nitrogen and oxygen atoms in total. The van der Waals surface area contributed by atoms with Gasteiger partial charge in [0.2, 0.25) is 0 Å². The third-order valence-corrected chi connectivity index (χ3v) is 5.83. The van der Waals surface area contributed by atoms with Gasteiger partial charge in [-0.25, -0.2) is 0 Å². The summed E-state index contributed by atoms with van der Waals surface area (Å²) >= 11 is 0. The number of ether oxygens (including phenoxy) is 2. The van der Waals surface area contributed by atoms with Gasteiger partial charge in [0.15, 0.2) is 0 Å². The lowest BCUT2D eigenvalue weighted by atomic mass is 10.1. The molecule has 1 aliphatic heterocycles. The molecule has 3 aromatic rings. The number of benzene rings is 2. The molecule has 0 aliphatic carbocycles. The maximum absolute atomic E-state index is 10.5. The van der Waals surface area contributed by atoms with Crippen LogP contribution in [0.15, 0.2) is 47.0 Å². The lowest BCUT2D eigenvalue weighted by molar-refractivity contribution is 0.0732. The van der Waals surface area contributed by atoms with E-state index in [1.807, 2.05) is 45.9 Å². The van der Waals surface area contributed by atoms with Crippen molar-refractivity contribution in [3.63, 3.8) is 0 Å². The Balaban J connectivity index is 1.31. The Labute approximate surface area is 183 Å². The molecule has 1 N–H and O–H groups in total. The van der Waals surface area contributed by atoms with Gasteiger partial charge in [0.25, 0.3) is 0 Å². The second-order valence-electron chi connectivity index (χ2n) is 8.42. The van der Waals surface area contributed by atoms with Crippen molar-refractivity contribution < 1.29 is 19.1 Å². The topological polar surface area (TPSA) is 68.0 Å². The Morgan fingerprint density at radius 1 is 1.06 bits per heavy atom. The quantitative estimate of drug-likeness (QED) is 0.618. The molecule has 1 aromatic heterocycles. The lowest BCUT2D eigenvalue weighted by Gasteiger charge is -2.19. The van der Waals surface area contributed by atoms with Crippen LogP contribution in [0.5, 0.6) is 11.5 Å². The van der Waals surface area contributed by atoms with E-state index in [-0.39, 0.29) is 6.10 Å². The number of rotatable bonds is 7. The first kappa shape index (κ1) is 21.4. The molecule has 2 aromatic carbocycles. The number of aromatic nitrogens is 1. The summed E-state index contributed by atoms with van der Waals surface area (Å²) in [5.74, 6) is 2.45. The van der Waals surface area contributed by atoms with E-state index < -0.39 is 6.10 Å². The summed E-state index contributed by atoms with van der Waals surface area (Å²) in [7, 11) is 0. The van der Waals surface area contributed by atoms with Gasteiger partial charge in [0.1, 0.15) is 36.1 Å². The summed E-state index contributed by atoms with van der Waals surface area (Å²) in [6, 6.07) is 14.2. The van der Waals surface area contributed by atoms with Crippen LogP contribution in [0.3, 0.4) is 0 Å². The van der Waals surface area contributed by atoms with Gasteiger partial charge in [-0.3, -0.25) is 4.90 Å². The average Bonchev–Trinajstić information content (AvgIpc) is 3.25. The van der Waals surface area contributed by atoms with E-state index in [2.05, 4.69) is 34.3 Å². The zero-order valence-corrected chi connectivity index (χ0v) is 18.6. The Bertz CT molecular complexity index is 1010. The third-order valence-electron chi connectivity index (χ3n) is 5.83. The Morgan fingerprint density at radius 2 is 1.84 bits per heavy atom. The van der Waals surface area contributed by atoms with Crippen LogP contribution in [0.25, 0.3) is 0 Å². The maximum atomic E-state index is 10.5. The molecule has 1 aliphatic rings. The summed E-state index contributed by atoms with van der Waals surface area (Å²) in [5, 5.41) is 14.5. The molecule has 0 saturated carbocycles. The number of β-amino-alcohol motifs (C(OH)–C–C–N with tert-alkyl or cyclic N) is 1. The minimum absolute atomic E-state index is 0.224. The van der Waals surface area contributed by atoms with Crippen LogP contribution in [0.4, 0.5) is 0 Å². The zero-order valence-electron chi connectivity index (χ0n) is 18.6. The number of likely N-dealkylation sites (tertiary alicyclic amines) is 1. The fourth-order valence-corrected chi connectivity index (χ4v) is 3.89. The highest BCUT2D eigenvalue weighted by molar-refractivity contribution is 5.36. The summed E-state index contributed by atoms with van der Waals surface area (Å²) in [6.45, 7) is 10.4. The first-order chi connectivity index (χ1) is 14.9. The van der Waals surface area contributed by atoms with Crippen molar-refractivity contribution in [2.75, 3.05) is 13.1 Å². The van der Waals surface area contributed by atoms with E-state index in [1.165, 1.54) is 5.56 Å². The number of hydrogen-bond acceptors (Lipinski definition) is 6.